The lowest BCUT2D eigenvalue weighted by atomic mass is 10.1. The van der Waals surface area contributed by atoms with E-state index in [2.05, 4.69) is 148 Å². The number of nitrogens with zero attached hydrogens (tertiary/aromatic N) is 1. The Kier molecular flexibility index (Phi) is 46.5. The lowest BCUT2D eigenvalue weighted by Gasteiger charge is -2.25. The fraction of sp³-hybridized carbons (Fsp3) is 0.583. The van der Waals surface area contributed by atoms with E-state index in [-0.39, 0.29) is 38.6 Å². The van der Waals surface area contributed by atoms with E-state index >= 15 is 0 Å². The summed E-state index contributed by atoms with van der Waals surface area (Å²) in [5.74, 6) is -2.09. The van der Waals surface area contributed by atoms with Gasteiger partial charge in [0.05, 0.1) is 34.4 Å². The molecule has 9 nitrogen and oxygen atoms in total. The average Bonchev–Trinajstić information content (AvgIpc) is 3.31. The van der Waals surface area contributed by atoms with Gasteiger partial charge < -0.3 is 28.5 Å². The van der Waals surface area contributed by atoms with Crippen LogP contribution in [0.25, 0.3) is 0 Å². The standard InChI is InChI=1S/C60H95NO8/c1-6-8-10-12-14-16-18-20-21-22-23-24-25-26-27-28-29-30-31-32-33-34-35-36-37-39-41-43-45-47-49-51-58(63)69-56(55-68-60(59(64)65)66-53-52-61(3,4)5)54-67-57(62)50-48-46-44-42-40-38-19-17-15-13-11-9-7-2/h8-11,14-17,20-21,23-24,26-27,29-30,32-33,35-36,38,40,56,60H,6-7,12-13,18-19,22,25,28,31,34,37,39,41-55H2,1-5H3/p+1/b10-8-,11-9-,16-14-,17-15-,21-20-,24-23-,27-26-,30-29-,33-32-,36-35-,40-38-. The van der Waals surface area contributed by atoms with E-state index in [1.165, 1.54) is 0 Å². The normalized spacial score (nSPS) is 13.9. The molecule has 2 atom stereocenters. The summed E-state index contributed by atoms with van der Waals surface area (Å²) in [6.45, 7) is 4.55. The molecule has 9 heteroatoms. The third-order valence-corrected chi connectivity index (χ3v) is 10.4. The van der Waals surface area contributed by atoms with Gasteiger partial charge in [0.15, 0.2) is 6.10 Å². The van der Waals surface area contributed by atoms with E-state index in [1.807, 2.05) is 21.1 Å². The van der Waals surface area contributed by atoms with Crippen LogP contribution in [0.15, 0.2) is 134 Å². The molecule has 0 aliphatic rings. The largest absolute Gasteiger partial charge is 0.477 e. The Morgan fingerprint density at radius 2 is 0.783 bits per heavy atom. The maximum Gasteiger partial charge on any atom is 0.361 e. The number of carbonyl (C=O) groups excluding carboxylic acids is 2. The lowest BCUT2D eigenvalue weighted by molar-refractivity contribution is -0.870. The van der Waals surface area contributed by atoms with E-state index in [0.717, 1.165) is 128 Å². The molecular formula is C60H96NO8+. The molecule has 0 radical (unpaired) electrons. The number of aliphatic carboxylic acids is 1. The number of carbonyl (C=O) groups is 3. The first-order valence-electron chi connectivity index (χ1n) is 26.3. The van der Waals surface area contributed by atoms with E-state index < -0.39 is 24.3 Å². The van der Waals surface area contributed by atoms with Crippen LogP contribution in [0.3, 0.4) is 0 Å². The first-order valence-corrected chi connectivity index (χ1v) is 26.3. The van der Waals surface area contributed by atoms with Gasteiger partial charge in [-0.2, -0.15) is 0 Å². The van der Waals surface area contributed by atoms with Crippen molar-refractivity contribution in [1.29, 1.82) is 0 Å². The monoisotopic (exact) mass is 959 g/mol. The van der Waals surface area contributed by atoms with Crippen LogP contribution in [0.1, 0.15) is 168 Å². The quantitative estimate of drug-likeness (QED) is 0.0211. The highest BCUT2D eigenvalue weighted by atomic mass is 16.7. The number of hydrogen-bond acceptors (Lipinski definition) is 7. The summed E-state index contributed by atoms with van der Waals surface area (Å²) in [7, 11) is 5.93. The summed E-state index contributed by atoms with van der Waals surface area (Å²) in [6.07, 6.45) is 68.1. The number of likely N-dealkylation sites (N-methyl/N-ethyl adjacent to an activating group) is 1. The Morgan fingerprint density at radius 1 is 0.435 bits per heavy atom. The minimum Gasteiger partial charge on any atom is -0.477 e. The van der Waals surface area contributed by atoms with Crippen molar-refractivity contribution in [2.75, 3.05) is 47.5 Å². The molecule has 0 saturated heterocycles. The predicted octanol–water partition coefficient (Wildman–Crippen LogP) is 15.1. The molecule has 0 rings (SSSR count). The van der Waals surface area contributed by atoms with Gasteiger partial charge in [-0.3, -0.25) is 9.59 Å². The van der Waals surface area contributed by atoms with E-state index in [9.17, 15) is 19.5 Å². The number of unbranched alkanes of at least 4 members (excludes halogenated alkanes) is 9. The fourth-order valence-corrected chi connectivity index (χ4v) is 6.39. The number of ether oxygens (including phenoxy) is 4. The molecule has 0 amide bonds. The summed E-state index contributed by atoms with van der Waals surface area (Å²) in [5.41, 5.74) is 0. The number of quaternary nitrogens is 1. The summed E-state index contributed by atoms with van der Waals surface area (Å²) < 4.78 is 22.7. The molecule has 0 aromatic heterocycles. The molecule has 0 spiro atoms. The molecule has 0 aromatic carbocycles. The smallest absolute Gasteiger partial charge is 0.361 e. The van der Waals surface area contributed by atoms with Crippen LogP contribution in [-0.2, 0) is 33.3 Å². The van der Waals surface area contributed by atoms with E-state index in [1.54, 1.807) is 0 Å². The zero-order valence-electron chi connectivity index (χ0n) is 43.9. The molecule has 0 aliphatic carbocycles. The number of esters is 2. The van der Waals surface area contributed by atoms with Gasteiger partial charge in [-0.1, -0.05) is 180 Å². The van der Waals surface area contributed by atoms with Crippen LogP contribution in [0.4, 0.5) is 0 Å². The van der Waals surface area contributed by atoms with Crippen LogP contribution in [-0.4, -0.2) is 87.4 Å². The summed E-state index contributed by atoms with van der Waals surface area (Å²) in [6, 6.07) is 0. The van der Waals surface area contributed by atoms with Gasteiger partial charge in [-0.05, 0) is 109 Å². The Hall–Kier alpha value is -4.57. The number of rotatable bonds is 46. The molecule has 0 saturated carbocycles. The Balaban J connectivity index is 4.35. The van der Waals surface area contributed by atoms with Gasteiger partial charge in [0.25, 0.3) is 6.29 Å². The van der Waals surface area contributed by atoms with Crippen molar-refractivity contribution >= 4 is 17.9 Å². The molecule has 1 N–H and O–H groups in total. The SMILES string of the molecule is CC/C=C\C/C=C\C/C=C\C/C=C\C/C=C\C/C=C\C/C=C\C/C=C\CCCCCCCCC(=O)OC(COC(=O)CCCCC/C=C\C/C=C\C/C=C\CC)COC(OCC[N+](C)(C)C)C(=O)O. The van der Waals surface area contributed by atoms with Crippen LogP contribution >= 0.6 is 0 Å². The number of carboxylic acid groups (broad SMARTS) is 1. The van der Waals surface area contributed by atoms with E-state index in [0.29, 0.717) is 23.9 Å². The van der Waals surface area contributed by atoms with Gasteiger partial charge in [0, 0.05) is 12.8 Å². The van der Waals surface area contributed by atoms with Crippen molar-refractivity contribution < 1.29 is 42.9 Å². The second-order valence-electron chi connectivity index (χ2n) is 18.1. The van der Waals surface area contributed by atoms with Crippen LogP contribution in [0, 0.1) is 0 Å². The topological polar surface area (TPSA) is 108 Å². The molecule has 2 unspecified atom stereocenters. The maximum atomic E-state index is 12.8. The Labute approximate surface area is 420 Å². The Bertz CT molecular complexity index is 1590. The number of hydrogen-bond donors (Lipinski definition) is 1. The highest BCUT2D eigenvalue weighted by Gasteiger charge is 2.25. The van der Waals surface area contributed by atoms with Crippen LogP contribution in [0.2, 0.25) is 0 Å². The second-order valence-corrected chi connectivity index (χ2v) is 18.1. The zero-order chi connectivity index (χ0) is 50.6. The molecule has 0 bridgehead atoms. The second kappa shape index (κ2) is 49.8. The minimum absolute atomic E-state index is 0.171. The Morgan fingerprint density at radius 3 is 1.17 bits per heavy atom. The minimum atomic E-state index is -1.53. The third kappa shape index (κ3) is 51.1. The molecule has 0 aromatic rings. The average molecular weight is 959 g/mol. The van der Waals surface area contributed by atoms with Crippen molar-refractivity contribution in [3.05, 3.63) is 134 Å². The molecule has 69 heavy (non-hydrogen) atoms. The fourth-order valence-electron chi connectivity index (χ4n) is 6.39. The molecule has 0 aliphatic heterocycles. The predicted molar refractivity (Wildman–Crippen MR) is 290 cm³/mol. The van der Waals surface area contributed by atoms with Crippen molar-refractivity contribution in [3.63, 3.8) is 0 Å². The van der Waals surface area contributed by atoms with Crippen LogP contribution in [0.5, 0.6) is 0 Å². The first kappa shape index (κ1) is 64.4. The number of allylic oxidation sites excluding steroid dienone is 22. The number of carboxylic acids is 1. The maximum absolute atomic E-state index is 12.8. The van der Waals surface area contributed by atoms with Crippen LogP contribution < -0.4 is 0 Å². The molecule has 0 heterocycles. The van der Waals surface area contributed by atoms with Gasteiger partial charge in [-0.15, -0.1) is 0 Å². The molecular weight excluding hydrogens is 863 g/mol. The molecule has 388 valence electrons. The third-order valence-electron chi connectivity index (χ3n) is 10.4. The first-order chi connectivity index (χ1) is 33.6. The van der Waals surface area contributed by atoms with Crippen molar-refractivity contribution in [2.24, 2.45) is 0 Å². The van der Waals surface area contributed by atoms with Crippen molar-refractivity contribution in [1.82, 2.24) is 0 Å². The van der Waals surface area contributed by atoms with E-state index in [4.69, 9.17) is 18.9 Å². The van der Waals surface area contributed by atoms with Crippen molar-refractivity contribution in [2.45, 2.75) is 180 Å². The lowest BCUT2D eigenvalue weighted by Crippen LogP contribution is -2.40. The summed E-state index contributed by atoms with van der Waals surface area (Å²) in [5, 5.41) is 9.67. The highest BCUT2D eigenvalue weighted by Crippen LogP contribution is 2.12. The zero-order valence-corrected chi connectivity index (χ0v) is 43.9. The van der Waals surface area contributed by atoms with Crippen molar-refractivity contribution in [3.8, 4) is 0 Å². The summed E-state index contributed by atoms with van der Waals surface area (Å²) >= 11 is 0. The van der Waals surface area contributed by atoms with Gasteiger partial charge in [0.1, 0.15) is 13.2 Å². The van der Waals surface area contributed by atoms with Gasteiger partial charge in [-0.25, -0.2) is 4.79 Å². The highest BCUT2D eigenvalue weighted by molar-refractivity contribution is 5.71. The molecule has 0 fully saturated rings. The van der Waals surface area contributed by atoms with Gasteiger partial charge in [0.2, 0.25) is 0 Å². The van der Waals surface area contributed by atoms with Gasteiger partial charge >= 0.3 is 17.9 Å². The summed E-state index contributed by atoms with van der Waals surface area (Å²) in [4.78, 5) is 37.2.